The van der Waals surface area contributed by atoms with Crippen LogP contribution in [0.5, 0.6) is 34.5 Å². The smallest absolute Gasteiger partial charge is 0.421 e. The van der Waals surface area contributed by atoms with Crippen molar-refractivity contribution in [2.75, 3.05) is 403 Å². The van der Waals surface area contributed by atoms with Gasteiger partial charge in [0.1, 0.15) is 91.0 Å². The van der Waals surface area contributed by atoms with Crippen LogP contribution in [0.3, 0.4) is 0 Å². The molecule has 3 unspecified atom stereocenters. The quantitative estimate of drug-likeness (QED) is 0.0529. The van der Waals surface area contributed by atoms with Gasteiger partial charge in [0.2, 0.25) is 0 Å². The summed E-state index contributed by atoms with van der Waals surface area (Å²) in [7, 11) is 1.50. The van der Waals surface area contributed by atoms with E-state index in [0.717, 1.165) is 16.7 Å². The van der Waals surface area contributed by atoms with Crippen molar-refractivity contribution in [2.45, 2.75) is 38.1 Å². The highest BCUT2D eigenvalue weighted by atomic mass is 16.7. The third kappa shape index (κ3) is 75.0. The molecule has 53 heteroatoms. The summed E-state index contributed by atoms with van der Waals surface area (Å²) in [6.45, 7) is 26.6. The fourth-order valence-corrected chi connectivity index (χ4v) is 11.1. The SMILES string of the molecule is CNC(=O)OCC1COCCOCCOCCOCCOCCOCCO1.NNC(=O)OCC1COCCOCCOCCO1.NNC(=O)OCC1COCCOCCOCCOCCO1.NNC(=O)OCc1ccc2c(c1)OCCOCCOCCO2.NNC(=O)OCc1ccc2c(c1)OCCOCCOCCOCCOCCOCCO2.OCc1ccc2c(c1)OCCOCCOCCOCCOCCO2. The molecular weight excluding hydrogens is 1910 g/mol. The summed E-state index contributed by atoms with van der Waals surface area (Å²) >= 11 is 0. The van der Waals surface area contributed by atoms with Crippen LogP contribution >= 0.6 is 0 Å². The first-order valence-electron chi connectivity index (χ1n) is 47.3. The van der Waals surface area contributed by atoms with Crippen LogP contribution in [0.2, 0.25) is 0 Å². The summed E-state index contributed by atoms with van der Waals surface area (Å²) < 4.78 is 205. The van der Waals surface area contributed by atoms with Crippen LogP contribution in [-0.4, -0.2) is 457 Å². The van der Waals surface area contributed by atoms with Gasteiger partial charge in [-0.1, -0.05) is 18.2 Å². The van der Waals surface area contributed by atoms with Gasteiger partial charge >= 0.3 is 30.5 Å². The van der Waals surface area contributed by atoms with Crippen molar-refractivity contribution < 1.29 is 209 Å². The van der Waals surface area contributed by atoms with Crippen molar-refractivity contribution in [3.63, 3.8) is 0 Å². The van der Waals surface area contributed by atoms with Gasteiger partial charge in [-0.15, -0.1) is 0 Å². The fraction of sp³-hybridized carbons (Fsp3) is 0.744. The van der Waals surface area contributed by atoms with Crippen molar-refractivity contribution >= 4 is 30.5 Å². The van der Waals surface area contributed by atoms with E-state index < -0.39 is 30.5 Å². The summed E-state index contributed by atoms with van der Waals surface area (Å²) in [5.74, 6) is 23.2. The average molecular weight is 2070 g/mol. The summed E-state index contributed by atoms with van der Waals surface area (Å²) in [5, 5.41) is 11.6. The topological polar surface area (TPSA) is 621 Å². The van der Waals surface area contributed by atoms with Crippen molar-refractivity contribution in [3.05, 3.63) is 71.3 Å². The lowest BCUT2D eigenvalue weighted by Gasteiger charge is -2.19. The lowest BCUT2D eigenvalue weighted by molar-refractivity contribution is -0.0815. The molecule has 3 aromatic rings. The first-order chi connectivity index (χ1) is 70.5. The molecule has 9 rings (SSSR count). The molecule has 3 atom stereocenters. The molecule has 0 saturated carbocycles. The Balaban J connectivity index is 0.000000361. The van der Waals surface area contributed by atoms with Gasteiger partial charge in [-0.3, -0.25) is 21.7 Å². The van der Waals surface area contributed by atoms with Gasteiger partial charge in [0, 0.05) is 7.05 Å². The van der Waals surface area contributed by atoms with E-state index in [0.29, 0.717) is 398 Å². The molecule has 824 valence electrons. The van der Waals surface area contributed by atoms with Gasteiger partial charge < -0.3 is 190 Å². The molecule has 3 saturated heterocycles. The Hall–Kier alpha value is -8.47. The predicted octanol–water partition coefficient (Wildman–Crippen LogP) is 0.175. The number of fused-ring (bicyclic) bond motifs is 3. The molecule has 6 aliphatic heterocycles. The van der Waals surface area contributed by atoms with E-state index in [1.165, 1.54) is 7.05 Å². The second-order valence-electron chi connectivity index (χ2n) is 28.9. The second kappa shape index (κ2) is 94.5. The van der Waals surface area contributed by atoms with Crippen LogP contribution in [0.25, 0.3) is 0 Å². The number of nitrogens with one attached hydrogen (secondary N) is 5. The number of aliphatic hydroxyl groups is 1. The predicted molar refractivity (Wildman–Crippen MR) is 500 cm³/mol. The van der Waals surface area contributed by atoms with Crippen LogP contribution in [0.4, 0.5) is 24.0 Å². The molecule has 6 aliphatic rings. The zero-order valence-electron chi connectivity index (χ0n) is 82.3. The monoisotopic (exact) mass is 2070 g/mol. The summed E-state index contributed by atoms with van der Waals surface area (Å²) in [4.78, 5) is 55.1. The van der Waals surface area contributed by atoms with Crippen molar-refractivity contribution in [2.24, 2.45) is 23.4 Å². The van der Waals surface area contributed by atoms with Crippen LogP contribution in [-0.2, 0) is 171 Å². The molecule has 5 amide bonds. The van der Waals surface area contributed by atoms with Gasteiger partial charge in [-0.2, -0.15) is 0 Å². The molecule has 3 aromatic carbocycles. The van der Waals surface area contributed by atoms with Gasteiger partial charge in [-0.05, 0) is 53.1 Å². The van der Waals surface area contributed by atoms with Crippen molar-refractivity contribution in [1.82, 2.24) is 27.0 Å². The fourth-order valence-electron chi connectivity index (χ4n) is 11.1. The van der Waals surface area contributed by atoms with Gasteiger partial charge in [-0.25, -0.2) is 47.3 Å². The Morgan fingerprint density at radius 2 is 0.413 bits per heavy atom. The number of rotatable bonds is 11. The van der Waals surface area contributed by atoms with E-state index >= 15 is 0 Å². The number of hydrogen-bond acceptors (Lipinski definition) is 48. The number of benzene rings is 3. The Morgan fingerprint density at radius 3 is 0.622 bits per heavy atom. The Kier molecular flexibility index (Phi) is 83.8. The van der Waals surface area contributed by atoms with E-state index in [4.69, 9.17) is 203 Å². The Labute approximate surface area is 834 Å². The highest BCUT2D eigenvalue weighted by Crippen LogP contribution is 2.32. The van der Waals surface area contributed by atoms with Crippen LogP contribution in [0.15, 0.2) is 54.6 Å². The number of nitrogens with two attached hydrogens (primary N) is 4. The van der Waals surface area contributed by atoms with E-state index in [1.807, 2.05) is 21.7 Å². The van der Waals surface area contributed by atoms with Crippen molar-refractivity contribution in [1.29, 1.82) is 0 Å². The Bertz CT molecular complexity index is 3460. The number of amides is 5. The number of hydrogen-bond donors (Lipinski definition) is 10. The van der Waals surface area contributed by atoms with E-state index in [2.05, 4.69) is 5.32 Å². The first kappa shape index (κ1) is 127. The standard InChI is InChI=1S/C20H32N2O9.C17H33NO9.C17H26O7.C14H20N2O6.C12H24N2O7.C10H20N2O6/c21-22-20(23)31-16-17-1-2-18-19(15-17)30-14-12-28-10-8-26-6-4-24-3-5-25-7-9-27-11-13-29-18;1-18-17(19)27-15-16-14-25-11-10-23-7-6-21-3-2-20-4-5-22-8-9-24-12-13-26-16;18-14-15-1-2-16-17(13-15)24-12-10-22-8-6-20-4-3-19-5-7-21-9-11-23-16;15-16-14(17)22-10-11-1-2-12-13(9-11)21-8-6-19-4-3-18-5-7-20-12;13-14-12(15)21-10-11-9-19-6-5-17-2-1-16-3-4-18-7-8-20-11;11-12-10(13)18-8-9-7-16-4-3-14-1-2-15-5-6-17-9/h1-2,15H,3-14,16,21H2,(H,22,23);16H,2-15H2,1H3,(H,18,19);1-2,13,18H,3-12,14H2;1-2,9H,3-8,10,15H2,(H,16,17);11H,1-10,13H2,(H,14,15);9H,1-8,11H2,(H,12,13). The third-order valence-electron chi connectivity index (χ3n) is 18.1. The van der Waals surface area contributed by atoms with Gasteiger partial charge in [0.05, 0.1) is 344 Å². The zero-order valence-corrected chi connectivity index (χ0v) is 82.3. The molecule has 14 N–H and O–H groups in total. The Morgan fingerprint density at radius 1 is 0.238 bits per heavy atom. The maximum atomic E-state index is 11.2. The maximum Gasteiger partial charge on any atom is 0.421 e. The van der Waals surface area contributed by atoms with E-state index in [9.17, 15) is 29.1 Å². The normalized spacial score (nSPS) is 20.6. The zero-order chi connectivity index (χ0) is 102. The summed E-state index contributed by atoms with van der Waals surface area (Å²) in [6, 6.07) is 15.9. The second-order valence-corrected chi connectivity index (χ2v) is 28.9. The molecule has 3 fully saturated rings. The van der Waals surface area contributed by atoms with E-state index in [1.54, 1.807) is 54.6 Å². The molecule has 6 heterocycles. The van der Waals surface area contributed by atoms with Crippen molar-refractivity contribution in [3.8, 4) is 34.5 Å². The molecule has 53 nitrogen and oxygen atoms in total. The number of carbonyl (C=O) groups is 5. The number of aliphatic hydroxyl groups excluding tert-OH is 1. The molecule has 143 heavy (non-hydrogen) atoms. The molecule has 0 radical (unpaired) electrons. The number of alkyl carbamates (subject to hydrolysis) is 1. The minimum Gasteiger partial charge on any atom is -0.487 e. The average Bonchev–Trinajstić information content (AvgIpc) is 0.887. The van der Waals surface area contributed by atoms with Crippen LogP contribution in [0.1, 0.15) is 16.7 Å². The molecule has 0 aliphatic carbocycles. The molecule has 0 aromatic heterocycles. The van der Waals surface area contributed by atoms with E-state index in [-0.39, 0.29) is 71.2 Å². The maximum absolute atomic E-state index is 11.2. The lowest BCUT2D eigenvalue weighted by atomic mass is 10.2. The number of carbonyl (C=O) groups excluding carboxylic acids is 5. The third-order valence-corrected chi connectivity index (χ3v) is 18.1. The largest absolute Gasteiger partial charge is 0.487 e. The highest BCUT2D eigenvalue weighted by Gasteiger charge is 2.20. The molecular formula is C90H155N9O44. The van der Waals surface area contributed by atoms with Crippen LogP contribution < -0.4 is 78.8 Å². The first-order valence-corrected chi connectivity index (χ1v) is 47.3. The number of ether oxygens (including phenoxy) is 38. The van der Waals surface area contributed by atoms with Gasteiger partial charge in [0.25, 0.3) is 0 Å². The number of hydrazine groups is 4. The minimum atomic E-state index is -0.721. The van der Waals surface area contributed by atoms with Gasteiger partial charge in [0.15, 0.2) is 34.5 Å². The molecule has 0 spiro atoms. The lowest BCUT2D eigenvalue weighted by Crippen LogP contribution is -2.35. The minimum absolute atomic E-state index is 0.0420. The van der Waals surface area contributed by atoms with Crippen LogP contribution in [0, 0.1) is 0 Å². The summed E-state index contributed by atoms with van der Waals surface area (Å²) in [6.07, 6.45) is -4.46. The summed E-state index contributed by atoms with van der Waals surface area (Å²) in [5.41, 5.74) is 9.81. The molecule has 0 bridgehead atoms. The highest BCUT2D eigenvalue weighted by molar-refractivity contribution is 5.68.